The molecule has 21 heavy (non-hydrogen) atoms. The summed E-state index contributed by atoms with van der Waals surface area (Å²) in [6.45, 7) is 8.13. The van der Waals surface area contributed by atoms with Crippen LogP contribution >= 0.6 is 0 Å². The molecule has 1 aromatic rings. The molecule has 1 aliphatic rings. The summed E-state index contributed by atoms with van der Waals surface area (Å²) in [5, 5.41) is 13.0. The zero-order valence-corrected chi connectivity index (χ0v) is 13.3. The molecule has 0 aliphatic carbocycles. The predicted octanol–water partition coefficient (Wildman–Crippen LogP) is 3.09. The highest BCUT2D eigenvalue weighted by Gasteiger charge is 2.33. The van der Waals surface area contributed by atoms with Crippen LogP contribution in [0.25, 0.3) is 0 Å². The molecule has 4 heteroatoms. The molecule has 0 spiro atoms. The first kappa shape index (κ1) is 16.2. The Morgan fingerprint density at radius 1 is 1.48 bits per heavy atom. The van der Waals surface area contributed by atoms with Crippen LogP contribution in [0, 0.1) is 11.7 Å². The van der Waals surface area contributed by atoms with Crippen molar-refractivity contribution in [2.24, 2.45) is 5.92 Å². The van der Waals surface area contributed by atoms with Crippen molar-refractivity contribution in [2.75, 3.05) is 24.6 Å². The van der Waals surface area contributed by atoms with E-state index in [1.807, 2.05) is 13.0 Å². The highest BCUT2D eigenvalue weighted by Crippen LogP contribution is 2.35. The van der Waals surface area contributed by atoms with Crippen molar-refractivity contribution in [1.82, 2.24) is 5.32 Å². The van der Waals surface area contributed by atoms with Crippen LogP contribution in [0.3, 0.4) is 0 Å². The first-order valence-electron chi connectivity index (χ1n) is 7.99. The van der Waals surface area contributed by atoms with Crippen LogP contribution in [-0.2, 0) is 0 Å². The van der Waals surface area contributed by atoms with Gasteiger partial charge in [0.25, 0.3) is 0 Å². The molecule has 1 saturated heterocycles. The average Bonchev–Trinajstić information content (AvgIpc) is 2.85. The summed E-state index contributed by atoms with van der Waals surface area (Å²) in [6.07, 6.45) is 2.06. The van der Waals surface area contributed by atoms with Gasteiger partial charge in [-0.3, -0.25) is 0 Å². The van der Waals surface area contributed by atoms with Crippen molar-refractivity contribution in [3.05, 3.63) is 29.6 Å². The van der Waals surface area contributed by atoms with E-state index < -0.39 is 0 Å². The Kier molecular flexibility index (Phi) is 5.59. The summed E-state index contributed by atoms with van der Waals surface area (Å²) < 4.78 is 14.4. The Morgan fingerprint density at radius 3 is 2.90 bits per heavy atom. The first-order valence-corrected chi connectivity index (χ1v) is 7.99. The molecule has 0 amide bonds. The van der Waals surface area contributed by atoms with E-state index in [9.17, 15) is 9.50 Å². The molecule has 1 aromatic carbocycles. The third-order valence-electron chi connectivity index (χ3n) is 4.54. The lowest BCUT2D eigenvalue weighted by molar-refractivity contribution is 0.244. The van der Waals surface area contributed by atoms with E-state index in [0.29, 0.717) is 5.92 Å². The minimum atomic E-state index is -0.167. The second-order valence-electron chi connectivity index (χ2n) is 6.06. The van der Waals surface area contributed by atoms with Gasteiger partial charge >= 0.3 is 0 Å². The SMILES string of the molecule is CCCNC(C)c1c(F)cccc1N1CCC(C)C1CO. The van der Waals surface area contributed by atoms with Gasteiger partial charge in [-0.15, -0.1) is 0 Å². The second-order valence-corrected chi connectivity index (χ2v) is 6.06. The van der Waals surface area contributed by atoms with E-state index in [1.165, 1.54) is 6.07 Å². The molecule has 0 bridgehead atoms. The van der Waals surface area contributed by atoms with Crippen LogP contribution in [0.5, 0.6) is 0 Å². The summed E-state index contributed by atoms with van der Waals surface area (Å²) in [5.41, 5.74) is 1.65. The number of aliphatic hydroxyl groups is 1. The molecule has 0 radical (unpaired) electrons. The van der Waals surface area contributed by atoms with Crippen LogP contribution in [0.1, 0.15) is 45.2 Å². The number of aliphatic hydroxyl groups excluding tert-OH is 1. The van der Waals surface area contributed by atoms with Crippen molar-refractivity contribution in [1.29, 1.82) is 0 Å². The van der Waals surface area contributed by atoms with Gasteiger partial charge in [0.2, 0.25) is 0 Å². The standard InChI is InChI=1S/C17H27FN2O/c1-4-9-19-13(3)17-14(18)6-5-7-15(17)20-10-8-12(2)16(20)11-21/h5-7,12-13,16,19,21H,4,8-11H2,1-3H3. The fourth-order valence-electron chi connectivity index (χ4n) is 3.25. The van der Waals surface area contributed by atoms with E-state index in [-0.39, 0.29) is 24.5 Å². The maximum Gasteiger partial charge on any atom is 0.130 e. The molecule has 0 saturated carbocycles. The molecule has 1 fully saturated rings. The number of benzene rings is 1. The largest absolute Gasteiger partial charge is 0.394 e. The maximum absolute atomic E-state index is 14.4. The van der Waals surface area contributed by atoms with Gasteiger partial charge in [-0.1, -0.05) is 19.9 Å². The Balaban J connectivity index is 2.33. The zero-order chi connectivity index (χ0) is 15.4. The van der Waals surface area contributed by atoms with Gasteiger partial charge < -0.3 is 15.3 Å². The molecular formula is C17H27FN2O. The highest BCUT2D eigenvalue weighted by molar-refractivity contribution is 5.57. The van der Waals surface area contributed by atoms with Gasteiger partial charge in [0.1, 0.15) is 5.82 Å². The number of rotatable bonds is 6. The Hall–Kier alpha value is -1.13. The van der Waals surface area contributed by atoms with E-state index in [1.54, 1.807) is 6.07 Å². The van der Waals surface area contributed by atoms with E-state index in [4.69, 9.17) is 0 Å². The van der Waals surface area contributed by atoms with Gasteiger partial charge in [0.15, 0.2) is 0 Å². The third kappa shape index (κ3) is 3.38. The Bertz CT molecular complexity index is 466. The van der Waals surface area contributed by atoms with Gasteiger partial charge in [0, 0.05) is 23.8 Å². The summed E-state index contributed by atoms with van der Waals surface area (Å²) >= 11 is 0. The van der Waals surface area contributed by atoms with Crippen molar-refractivity contribution in [2.45, 2.75) is 45.7 Å². The van der Waals surface area contributed by atoms with Crippen LogP contribution in [0.2, 0.25) is 0 Å². The zero-order valence-electron chi connectivity index (χ0n) is 13.3. The predicted molar refractivity (Wildman–Crippen MR) is 85.1 cm³/mol. The molecule has 3 unspecified atom stereocenters. The molecule has 1 heterocycles. The molecule has 1 aliphatic heterocycles. The summed E-state index contributed by atoms with van der Waals surface area (Å²) in [6, 6.07) is 5.32. The number of nitrogens with one attached hydrogen (secondary N) is 1. The van der Waals surface area contributed by atoms with E-state index >= 15 is 0 Å². The fraction of sp³-hybridized carbons (Fsp3) is 0.647. The van der Waals surface area contributed by atoms with Crippen molar-refractivity contribution in [3.8, 4) is 0 Å². The lowest BCUT2D eigenvalue weighted by Crippen LogP contribution is -2.36. The molecule has 0 aromatic heterocycles. The molecule has 3 nitrogen and oxygen atoms in total. The molecular weight excluding hydrogens is 267 g/mol. The lowest BCUT2D eigenvalue weighted by atomic mass is 10.0. The number of halogens is 1. The third-order valence-corrected chi connectivity index (χ3v) is 4.54. The minimum Gasteiger partial charge on any atom is -0.394 e. The monoisotopic (exact) mass is 294 g/mol. The summed E-state index contributed by atoms with van der Waals surface area (Å²) in [4.78, 5) is 2.17. The van der Waals surface area contributed by atoms with Crippen molar-refractivity contribution < 1.29 is 9.50 Å². The van der Waals surface area contributed by atoms with Crippen molar-refractivity contribution in [3.63, 3.8) is 0 Å². The first-order chi connectivity index (χ1) is 10.1. The van der Waals surface area contributed by atoms with Gasteiger partial charge in [-0.05, 0) is 44.4 Å². The summed E-state index contributed by atoms with van der Waals surface area (Å²) in [7, 11) is 0. The smallest absolute Gasteiger partial charge is 0.130 e. The number of hydrogen-bond acceptors (Lipinski definition) is 3. The Labute approximate surface area is 127 Å². The van der Waals surface area contributed by atoms with Gasteiger partial charge in [-0.25, -0.2) is 4.39 Å². The molecule has 2 N–H and O–H groups in total. The number of hydrogen-bond donors (Lipinski definition) is 2. The van der Waals surface area contributed by atoms with Crippen molar-refractivity contribution >= 4 is 5.69 Å². The van der Waals surface area contributed by atoms with E-state index in [0.717, 1.165) is 37.2 Å². The summed E-state index contributed by atoms with van der Waals surface area (Å²) in [5.74, 6) is 0.268. The topological polar surface area (TPSA) is 35.5 Å². The number of anilines is 1. The normalized spacial score (nSPS) is 23.6. The molecule has 3 atom stereocenters. The number of nitrogens with zero attached hydrogens (tertiary/aromatic N) is 1. The van der Waals surface area contributed by atoms with Crippen LogP contribution in [0.4, 0.5) is 10.1 Å². The molecule has 2 rings (SSSR count). The van der Waals surface area contributed by atoms with Gasteiger partial charge in [0.05, 0.1) is 12.6 Å². The Morgan fingerprint density at radius 2 is 2.24 bits per heavy atom. The minimum absolute atomic E-state index is 0.0311. The van der Waals surface area contributed by atoms with Gasteiger partial charge in [-0.2, -0.15) is 0 Å². The molecule has 118 valence electrons. The second kappa shape index (κ2) is 7.23. The quantitative estimate of drug-likeness (QED) is 0.846. The fourth-order valence-corrected chi connectivity index (χ4v) is 3.25. The van der Waals surface area contributed by atoms with Crippen LogP contribution in [0.15, 0.2) is 18.2 Å². The van der Waals surface area contributed by atoms with Crippen LogP contribution < -0.4 is 10.2 Å². The average molecular weight is 294 g/mol. The lowest BCUT2D eigenvalue weighted by Gasteiger charge is -2.31. The van der Waals surface area contributed by atoms with Crippen LogP contribution in [-0.4, -0.2) is 30.8 Å². The van der Waals surface area contributed by atoms with E-state index in [2.05, 4.69) is 24.1 Å². The maximum atomic E-state index is 14.4. The highest BCUT2D eigenvalue weighted by atomic mass is 19.1.